The highest BCUT2D eigenvalue weighted by atomic mass is 16.5. The van der Waals surface area contributed by atoms with Gasteiger partial charge in [-0.25, -0.2) is 25.0 Å². The number of aliphatic hydroxyl groups excluding tert-OH is 1. The summed E-state index contributed by atoms with van der Waals surface area (Å²) in [5, 5.41) is 34.8. The SMILES string of the molecule is O=C(CO)Oc1ccccc1.O=C(NO)N1CCN(c2ccc(Nc3nc(NC4CCCCC4)c4ncn(C5CCCCO5)c4n3)cc2)CC1.c1cc(N2CCNCC2)ccc1Nc1nc(NC2CCCCC2)c2ncn(C3CCCCO3)c2n1. The molecule has 4 aromatic heterocycles. The van der Waals surface area contributed by atoms with E-state index in [1.165, 1.54) is 57.1 Å². The molecule has 24 heteroatoms. The highest BCUT2D eigenvalue weighted by molar-refractivity contribution is 5.86. The van der Waals surface area contributed by atoms with Gasteiger partial charge in [0.1, 0.15) is 24.8 Å². The van der Waals surface area contributed by atoms with E-state index in [0.717, 1.165) is 142 Å². The van der Waals surface area contributed by atoms with Crippen LogP contribution in [0.2, 0.25) is 0 Å². The second-order valence-corrected chi connectivity index (χ2v) is 22.5. The van der Waals surface area contributed by atoms with Crippen LogP contribution in [-0.2, 0) is 14.3 Å². The van der Waals surface area contributed by atoms with Crippen molar-refractivity contribution < 1.29 is 34.1 Å². The lowest BCUT2D eigenvalue weighted by atomic mass is 9.95. The van der Waals surface area contributed by atoms with E-state index < -0.39 is 18.6 Å². The molecule has 6 aliphatic rings. The Morgan fingerprint density at radius 2 is 1.04 bits per heavy atom. The van der Waals surface area contributed by atoms with E-state index in [4.69, 9.17) is 49.7 Å². The molecule has 4 aliphatic heterocycles. The van der Waals surface area contributed by atoms with Gasteiger partial charge in [-0.15, -0.1) is 0 Å². The highest BCUT2D eigenvalue weighted by Gasteiger charge is 2.27. The van der Waals surface area contributed by atoms with Gasteiger partial charge < -0.3 is 60.6 Å². The standard InChI is InChI=1S/C27H37N9O3.C26H36N8O.C8H8O3/c37-27(33-38)35-15-13-34(14-16-35)21-11-9-20(10-12-21)30-26-31-24(29-19-6-2-1-3-7-19)23-25(32-26)36(18-28-23)22-8-4-5-17-39-22;1-2-6-19(7-3-1)29-24-23-25(34(18-28-23)22-8-4-5-17-35-22)32-26(31-24)30-20-9-11-21(12-10-20)33-15-13-27-14-16-33;9-6-8(10)11-7-4-2-1-3-5-7/h9-12,18-19,22,38H,1-8,13-17H2,(H,33,37)(H2,29,30,31,32);9-12,18-19,22,27H,1-8,13-17H2,(H2,29,30,31,32);1-5,9H,6H2. The molecule has 0 spiro atoms. The normalized spacial score (nSPS) is 19.7. The number of para-hydroxylation sites is 1. The van der Waals surface area contributed by atoms with Gasteiger partial charge in [0.25, 0.3) is 0 Å². The van der Waals surface area contributed by atoms with Gasteiger partial charge in [-0.1, -0.05) is 56.7 Å². The molecule has 2 saturated carbocycles. The molecule has 13 rings (SSSR count). The van der Waals surface area contributed by atoms with Gasteiger partial charge in [-0.3, -0.25) is 14.3 Å². The zero-order valence-electron chi connectivity index (χ0n) is 48.4. The molecule has 8 N–H and O–H groups in total. The first-order chi connectivity index (χ1) is 41.8. The lowest BCUT2D eigenvalue weighted by molar-refractivity contribution is -0.137. The van der Waals surface area contributed by atoms with E-state index in [1.807, 2.05) is 35.4 Å². The maximum atomic E-state index is 11.6. The maximum Gasteiger partial charge on any atom is 0.341 e. The summed E-state index contributed by atoms with van der Waals surface area (Å²) in [6.45, 7) is 7.58. The third-order valence-corrected chi connectivity index (χ3v) is 16.5. The van der Waals surface area contributed by atoms with E-state index in [0.29, 0.717) is 55.9 Å². The number of hydrogen-bond donors (Lipinski definition) is 8. The van der Waals surface area contributed by atoms with E-state index in [9.17, 15) is 9.59 Å². The number of hydroxylamine groups is 1. The Balaban J connectivity index is 0.000000151. The van der Waals surface area contributed by atoms with E-state index in [-0.39, 0.29) is 12.5 Å². The number of fused-ring (bicyclic) bond motifs is 2. The number of hydrogen-bond acceptors (Lipinski definition) is 20. The molecule has 2 aliphatic carbocycles. The van der Waals surface area contributed by atoms with Crippen molar-refractivity contribution in [2.24, 2.45) is 0 Å². The highest BCUT2D eigenvalue weighted by Crippen LogP contribution is 2.34. The molecular weight excluding hydrogens is 1080 g/mol. The first-order valence-electron chi connectivity index (χ1n) is 30.6. The number of imidazole rings is 2. The van der Waals surface area contributed by atoms with Gasteiger partial charge in [-0.2, -0.15) is 19.9 Å². The molecule has 0 bridgehead atoms. The molecule has 0 radical (unpaired) electrons. The lowest BCUT2D eigenvalue weighted by Gasteiger charge is -2.35. The van der Waals surface area contributed by atoms with Gasteiger partial charge in [0.2, 0.25) is 11.9 Å². The summed E-state index contributed by atoms with van der Waals surface area (Å²) >= 11 is 0. The van der Waals surface area contributed by atoms with Crippen molar-refractivity contribution in [3.05, 3.63) is 91.5 Å². The minimum Gasteiger partial charge on any atom is -0.425 e. The van der Waals surface area contributed by atoms with Crippen molar-refractivity contribution in [3.63, 3.8) is 0 Å². The number of anilines is 8. The van der Waals surface area contributed by atoms with Crippen molar-refractivity contribution in [1.29, 1.82) is 0 Å². The fourth-order valence-electron chi connectivity index (χ4n) is 11.9. The molecule has 3 aromatic carbocycles. The first kappa shape index (κ1) is 58.9. The largest absolute Gasteiger partial charge is 0.425 e. The Morgan fingerprint density at radius 1 is 0.565 bits per heavy atom. The number of benzene rings is 3. The van der Waals surface area contributed by atoms with Crippen LogP contribution in [-0.4, -0.2) is 151 Å². The van der Waals surface area contributed by atoms with Crippen LogP contribution in [0, 0.1) is 0 Å². The minimum absolute atomic E-state index is 0.0163. The molecule has 2 amide bonds. The Hall–Kier alpha value is -7.90. The topological polar surface area (TPSA) is 271 Å². The number of carbonyl (C=O) groups is 2. The summed E-state index contributed by atoms with van der Waals surface area (Å²) in [4.78, 5) is 57.4. The number of carbonyl (C=O) groups excluding carboxylic acids is 2. The van der Waals surface area contributed by atoms with Crippen LogP contribution in [0.15, 0.2) is 91.5 Å². The summed E-state index contributed by atoms with van der Waals surface area (Å²) in [6.07, 6.45) is 22.3. The zero-order chi connectivity index (χ0) is 58.2. The van der Waals surface area contributed by atoms with Gasteiger partial charge in [-0.05, 0) is 125 Å². The molecule has 2 atom stereocenters. The predicted molar refractivity (Wildman–Crippen MR) is 327 cm³/mol. The predicted octanol–water partition coefficient (Wildman–Crippen LogP) is 9.24. The van der Waals surface area contributed by atoms with Crippen LogP contribution in [0.1, 0.15) is 115 Å². The Morgan fingerprint density at radius 3 is 1.48 bits per heavy atom. The van der Waals surface area contributed by atoms with Crippen LogP contribution in [0.5, 0.6) is 5.75 Å². The molecule has 85 heavy (non-hydrogen) atoms. The lowest BCUT2D eigenvalue weighted by Crippen LogP contribution is -2.51. The van der Waals surface area contributed by atoms with Crippen LogP contribution in [0.25, 0.3) is 22.3 Å². The van der Waals surface area contributed by atoms with E-state index in [1.54, 1.807) is 34.6 Å². The van der Waals surface area contributed by atoms with Crippen molar-refractivity contribution in [2.45, 2.75) is 127 Å². The quantitative estimate of drug-likeness (QED) is 0.0218. The smallest absolute Gasteiger partial charge is 0.341 e. The molecule has 2 unspecified atom stereocenters. The molecular formula is C61H81N17O7. The van der Waals surface area contributed by atoms with Crippen molar-refractivity contribution in [2.75, 3.05) is 103 Å². The third kappa shape index (κ3) is 15.5. The van der Waals surface area contributed by atoms with Crippen LogP contribution in [0.4, 0.5) is 51.1 Å². The number of ether oxygens (including phenoxy) is 3. The summed E-state index contributed by atoms with van der Waals surface area (Å²) in [5.74, 6) is 2.50. The summed E-state index contributed by atoms with van der Waals surface area (Å²) in [5.41, 5.74) is 9.11. The summed E-state index contributed by atoms with van der Waals surface area (Å²) < 4.78 is 20.9. The number of aromatic nitrogens is 8. The zero-order valence-corrected chi connectivity index (χ0v) is 48.4. The van der Waals surface area contributed by atoms with Crippen LogP contribution < -0.4 is 46.6 Å². The third-order valence-electron chi connectivity index (χ3n) is 16.5. The molecule has 4 saturated heterocycles. The van der Waals surface area contributed by atoms with Crippen molar-refractivity contribution in [1.82, 2.24) is 54.7 Å². The van der Waals surface area contributed by atoms with Crippen molar-refractivity contribution >= 4 is 80.6 Å². The average Bonchev–Trinajstić information content (AvgIpc) is 4.36. The summed E-state index contributed by atoms with van der Waals surface area (Å²) in [6, 6.07) is 25.7. The second-order valence-electron chi connectivity index (χ2n) is 22.5. The number of piperazine rings is 2. The van der Waals surface area contributed by atoms with Crippen LogP contribution in [0.3, 0.4) is 0 Å². The van der Waals surface area contributed by atoms with E-state index in [2.05, 4.69) is 82.1 Å². The maximum absolute atomic E-state index is 11.6. The fraction of sp³-hybridized carbons (Fsp3) is 0.508. The fourth-order valence-corrected chi connectivity index (χ4v) is 11.9. The molecule has 452 valence electrons. The Bertz CT molecular complexity index is 3220. The van der Waals surface area contributed by atoms with Crippen LogP contribution >= 0.6 is 0 Å². The number of rotatable bonds is 14. The van der Waals surface area contributed by atoms with Gasteiger partial charge in [0.05, 0.1) is 12.7 Å². The van der Waals surface area contributed by atoms with Gasteiger partial charge in [0, 0.05) is 100 Å². The van der Waals surface area contributed by atoms with Gasteiger partial charge >= 0.3 is 12.0 Å². The number of urea groups is 1. The summed E-state index contributed by atoms with van der Waals surface area (Å²) in [7, 11) is 0. The monoisotopic (exact) mass is 1160 g/mol. The number of esters is 1. The Kier molecular flexibility index (Phi) is 20.3. The second kappa shape index (κ2) is 29.3. The van der Waals surface area contributed by atoms with Crippen molar-refractivity contribution in [3.8, 4) is 5.75 Å². The first-order valence-corrected chi connectivity index (χ1v) is 30.6. The number of amides is 2. The molecule has 7 aromatic rings. The number of nitrogens with one attached hydrogen (secondary N) is 6. The van der Waals surface area contributed by atoms with Gasteiger partial charge in [0.15, 0.2) is 34.0 Å². The minimum atomic E-state index is -0.642. The average molecular weight is 1160 g/mol. The number of nitrogens with zero attached hydrogens (tertiary/aromatic N) is 11. The van der Waals surface area contributed by atoms with E-state index >= 15 is 0 Å². The Labute approximate surface area is 495 Å². The number of aliphatic hydroxyl groups is 1. The molecule has 6 fully saturated rings. The molecule has 24 nitrogen and oxygen atoms in total. The molecule has 8 heterocycles.